The standard InChI is InChI=1S/C9H7F3N4O3S/c1-3(17)13-8-14-6-5(20-8)4(7(18)19)15-16(6)2-9(10,11)12/h2H2,1H3,(H,18,19)(H,13,14,17). The number of halogens is 3. The highest BCUT2D eigenvalue weighted by Crippen LogP contribution is 2.30. The van der Waals surface area contributed by atoms with Crippen molar-refractivity contribution < 1.29 is 27.9 Å². The Labute approximate surface area is 113 Å². The Hall–Kier alpha value is -2.17. The topological polar surface area (TPSA) is 97.1 Å². The molecule has 20 heavy (non-hydrogen) atoms. The first-order valence-electron chi connectivity index (χ1n) is 5.12. The minimum absolute atomic E-state index is 0.0170. The van der Waals surface area contributed by atoms with Gasteiger partial charge in [-0.15, -0.1) is 0 Å². The zero-order valence-electron chi connectivity index (χ0n) is 9.85. The van der Waals surface area contributed by atoms with E-state index in [0.29, 0.717) is 4.68 Å². The monoisotopic (exact) mass is 308 g/mol. The summed E-state index contributed by atoms with van der Waals surface area (Å²) < 4.78 is 37.6. The molecule has 0 radical (unpaired) electrons. The van der Waals surface area contributed by atoms with Gasteiger partial charge in [0.15, 0.2) is 16.5 Å². The predicted molar refractivity (Wildman–Crippen MR) is 62.7 cm³/mol. The fraction of sp³-hybridized carbons (Fsp3) is 0.333. The van der Waals surface area contributed by atoms with Crippen molar-refractivity contribution in [3.05, 3.63) is 5.69 Å². The third-order valence-corrected chi connectivity index (χ3v) is 3.07. The normalized spacial score (nSPS) is 11.8. The molecule has 0 unspecified atom stereocenters. The molecular formula is C9H7F3N4O3S. The summed E-state index contributed by atoms with van der Waals surface area (Å²) in [6, 6.07) is 0. The van der Waals surface area contributed by atoms with Gasteiger partial charge in [-0.2, -0.15) is 23.3 Å². The Morgan fingerprint density at radius 3 is 2.60 bits per heavy atom. The molecule has 0 aliphatic rings. The minimum atomic E-state index is -4.56. The first-order valence-corrected chi connectivity index (χ1v) is 5.94. The van der Waals surface area contributed by atoms with Crippen LogP contribution >= 0.6 is 11.3 Å². The van der Waals surface area contributed by atoms with E-state index in [1.54, 1.807) is 0 Å². The van der Waals surface area contributed by atoms with Crippen molar-refractivity contribution in [2.75, 3.05) is 5.32 Å². The van der Waals surface area contributed by atoms with Crippen LogP contribution in [0.4, 0.5) is 18.3 Å². The number of rotatable bonds is 3. The molecule has 0 spiro atoms. The van der Waals surface area contributed by atoms with Crippen LogP contribution in [-0.2, 0) is 11.3 Å². The van der Waals surface area contributed by atoms with Gasteiger partial charge in [0.1, 0.15) is 11.2 Å². The van der Waals surface area contributed by atoms with Crippen LogP contribution in [0.5, 0.6) is 0 Å². The van der Waals surface area contributed by atoms with Gasteiger partial charge in [-0.3, -0.25) is 4.79 Å². The van der Waals surface area contributed by atoms with E-state index in [9.17, 15) is 22.8 Å². The number of fused-ring (bicyclic) bond motifs is 1. The predicted octanol–water partition coefficient (Wildman–Crippen LogP) is 1.71. The SMILES string of the molecule is CC(=O)Nc1nc2c(s1)c(C(=O)O)nn2CC(F)(F)F. The van der Waals surface area contributed by atoms with Crippen LogP contribution in [0.3, 0.4) is 0 Å². The second-order valence-electron chi connectivity index (χ2n) is 3.78. The van der Waals surface area contributed by atoms with Gasteiger partial charge in [0.2, 0.25) is 5.91 Å². The highest BCUT2D eigenvalue weighted by atomic mass is 32.1. The van der Waals surface area contributed by atoms with E-state index in [0.717, 1.165) is 11.3 Å². The zero-order valence-corrected chi connectivity index (χ0v) is 10.7. The van der Waals surface area contributed by atoms with Gasteiger partial charge < -0.3 is 10.4 Å². The number of nitrogens with zero attached hydrogens (tertiary/aromatic N) is 3. The Morgan fingerprint density at radius 2 is 2.10 bits per heavy atom. The van der Waals surface area contributed by atoms with Crippen LogP contribution in [0.1, 0.15) is 17.4 Å². The van der Waals surface area contributed by atoms with E-state index in [4.69, 9.17) is 5.11 Å². The lowest BCUT2D eigenvalue weighted by atomic mass is 10.4. The third kappa shape index (κ3) is 2.87. The average Bonchev–Trinajstić information content (AvgIpc) is 2.75. The van der Waals surface area contributed by atoms with Gasteiger partial charge in [-0.1, -0.05) is 11.3 Å². The van der Waals surface area contributed by atoms with E-state index in [2.05, 4.69) is 15.4 Å². The molecule has 108 valence electrons. The summed E-state index contributed by atoms with van der Waals surface area (Å²) in [5, 5.41) is 14.6. The smallest absolute Gasteiger partial charge is 0.408 e. The molecule has 2 N–H and O–H groups in total. The van der Waals surface area contributed by atoms with Gasteiger partial charge >= 0.3 is 12.1 Å². The number of hydrogen-bond donors (Lipinski definition) is 2. The highest BCUT2D eigenvalue weighted by molar-refractivity contribution is 7.22. The van der Waals surface area contributed by atoms with E-state index in [1.165, 1.54) is 6.92 Å². The number of carboxylic acids is 1. The summed E-state index contributed by atoms with van der Waals surface area (Å²) in [4.78, 5) is 25.6. The van der Waals surface area contributed by atoms with Crippen molar-refractivity contribution >= 4 is 38.7 Å². The maximum atomic E-state index is 12.4. The fourth-order valence-corrected chi connectivity index (χ4v) is 2.47. The molecule has 0 saturated carbocycles. The van der Waals surface area contributed by atoms with Gasteiger partial charge in [-0.05, 0) is 0 Å². The fourth-order valence-electron chi connectivity index (χ4n) is 1.48. The Morgan fingerprint density at radius 1 is 1.45 bits per heavy atom. The summed E-state index contributed by atoms with van der Waals surface area (Å²) in [6.07, 6.45) is -4.56. The Balaban J connectivity index is 2.54. The second-order valence-corrected chi connectivity index (χ2v) is 4.78. The third-order valence-electron chi connectivity index (χ3n) is 2.10. The van der Waals surface area contributed by atoms with E-state index >= 15 is 0 Å². The quantitative estimate of drug-likeness (QED) is 0.899. The van der Waals surface area contributed by atoms with Gasteiger partial charge in [0.25, 0.3) is 0 Å². The van der Waals surface area contributed by atoms with Crippen molar-refractivity contribution in [1.82, 2.24) is 14.8 Å². The number of anilines is 1. The Kier molecular flexibility index (Phi) is 3.38. The van der Waals surface area contributed by atoms with Crippen LogP contribution in [0.25, 0.3) is 10.3 Å². The van der Waals surface area contributed by atoms with Crippen molar-refractivity contribution in [3.8, 4) is 0 Å². The summed E-state index contributed by atoms with van der Waals surface area (Å²) >= 11 is 0.753. The lowest BCUT2D eigenvalue weighted by Crippen LogP contribution is -2.19. The molecule has 2 aromatic heterocycles. The van der Waals surface area contributed by atoms with E-state index in [-0.39, 0.29) is 15.5 Å². The summed E-state index contributed by atoms with van der Waals surface area (Å²) in [5.74, 6) is -1.93. The molecule has 0 fully saturated rings. The number of nitrogens with one attached hydrogen (secondary N) is 1. The summed E-state index contributed by atoms with van der Waals surface area (Å²) in [5.41, 5.74) is -0.758. The Bertz CT molecular complexity index is 690. The van der Waals surface area contributed by atoms with Crippen molar-refractivity contribution in [2.45, 2.75) is 19.6 Å². The highest BCUT2D eigenvalue weighted by Gasteiger charge is 2.32. The van der Waals surface area contributed by atoms with Crippen LogP contribution < -0.4 is 5.32 Å². The first kappa shape index (κ1) is 14.2. The van der Waals surface area contributed by atoms with Gasteiger partial charge in [0.05, 0.1) is 0 Å². The minimum Gasteiger partial charge on any atom is -0.476 e. The number of carboxylic acid groups (broad SMARTS) is 1. The number of alkyl halides is 3. The number of thiazole rings is 1. The average molecular weight is 308 g/mol. The molecule has 2 aromatic rings. The molecule has 0 aliphatic carbocycles. The molecule has 1 amide bonds. The number of aromatic nitrogens is 3. The van der Waals surface area contributed by atoms with Gasteiger partial charge in [0, 0.05) is 6.92 Å². The van der Waals surface area contributed by atoms with Crippen LogP contribution in [0, 0.1) is 0 Å². The number of carbonyl (C=O) groups is 2. The molecule has 11 heteroatoms. The molecule has 0 saturated heterocycles. The molecule has 0 aliphatic heterocycles. The molecule has 2 rings (SSSR count). The largest absolute Gasteiger partial charge is 0.476 e. The molecule has 0 bridgehead atoms. The van der Waals surface area contributed by atoms with Crippen molar-refractivity contribution in [1.29, 1.82) is 0 Å². The zero-order chi connectivity index (χ0) is 15.1. The maximum Gasteiger partial charge on any atom is 0.408 e. The summed E-state index contributed by atoms with van der Waals surface area (Å²) in [7, 11) is 0. The van der Waals surface area contributed by atoms with E-state index in [1.807, 2.05) is 0 Å². The first-order chi connectivity index (χ1) is 9.17. The maximum absolute atomic E-state index is 12.4. The van der Waals surface area contributed by atoms with Gasteiger partial charge in [-0.25, -0.2) is 9.48 Å². The van der Waals surface area contributed by atoms with Crippen LogP contribution in [0.15, 0.2) is 0 Å². The summed E-state index contributed by atoms with van der Waals surface area (Å²) in [6.45, 7) is -0.258. The lowest BCUT2D eigenvalue weighted by Gasteiger charge is -2.05. The molecule has 0 atom stereocenters. The number of carbonyl (C=O) groups excluding carboxylic acids is 1. The molecule has 2 heterocycles. The number of aromatic carboxylic acids is 1. The molecule has 0 aromatic carbocycles. The second kappa shape index (κ2) is 4.74. The number of hydrogen-bond acceptors (Lipinski definition) is 5. The van der Waals surface area contributed by atoms with Crippen molar-refractivity contribution in [2.24, 2.45) is 0 Å². The molecular weight excluding hydrogens is 301 g/mol. The lowest BCUT2D eigenvalue weighted by molar-refractivity contribution is -0.142. The van der Waals surface area contributed by atoms with Crippen molar-refractivity contribution in [3.63, 3.8) is 0 Å². The van der Waals surface area contributed by atoms with Crippen LogP contribution in [0.2, 0.25) is 0 Å². The number of amides is 1. The van der Waals surface area contributed by atoms with E-state index < -0.39 is 30.3 Å². The molecule has 7 nitrogen and oxygen atoms in total. The van der Waals surface area contributed by atoms with Crippen LogP contribution in [-0.4, -0.2) is 37.9 Å².